The van der Waals surface area contributed by atoms with E-state index in [4.69, 9.17) is 5.26 Å². The van der Waals surface area contributed by atoms with Crippen molar-refractivity contribution in [1.29, 1.82) is 5.26 Å². The Kier molecular flexibility index (Phi) is 4.40. The predicted molar refractivity (Wildman–Crippen MR) is 80.9 cm³/mol. The smallest absolute Gasteiger partial charge is 0.262 e. The van der Waals surface area contributed by atoms with Crippen LogP contribution in [0.5, 0.6) is 0 Å². The molecule has 2 rings (SSSR count). The van der Waals surface area contributed by atoms with Crippen LogP contribution in [-0.2, 0) is 10.0 Å². The van der Waals surface area contributed by atoms with E-state index in [0.29, 0.717) is 12.0 Å². The van der Waals surface area contributed by atoms with E-state index in [1.807, 2.05) is 6.07 Å². The summed E-state index contributed by atoms with van der Waals surface area (Å²) in [5.74, 6) is -0.124. The molecule has 2 aromatic rings. The van der Waals surface area contributed by atoms with Gasteiger partial charge in [0.15, 0.2) is 5.78 Å². The number of hydrogen-bond donors (Lipinski definition) is 1. The van der Waals surface area contributed by atoms with E-state index in [9.17, 15) is 13.2 Å². The Labute approximate surface area is 126 Å². The summed E-state index contributed by atoms with van der Waals surface area (Å²) in [5, 5.41) is 10.8. The summed E-state index contributed by atoms with van der Waals surface area (Å²) in [7, 11) is -3.82. The molecule has 0 aliphatic heterocycles. The summed E-state index contributed by atoms with van der Waals surface area (Å²) >= 11 is 1.13. The zero-order chi connectivity index (χ0) is 15.5. The summed E-state index contributed by atoms with van der Waals surface area (Å²) in [6.07, 6.45) is 0.306. The van der Waals surface area contributed by atoms with Gasteiger partial charge in [-0.15, -0.1) is 11.3 Å². The summed E-state index contributed by atoms with van der Waals surface area (Å²) in [5.41, 5.74) is 0.622. The molecule has 7 heteroatoms. The van der Waals surface area contributed by atoms with Crippen LogP contribution in [0.15, 0.2) is 40.6 Å². The van der Waals surface area contributed by atoms with Crippen molar-refractivity contribution in [2.45, 2.75) is 18.2 Å². The van der Waals surface area contributed by atoms with E-state index in [2.05, 4.69) is 4.72 Å². The fraction of sp³-hybridized carbons (Fsp3) is 0.143. The molecule has 0 aliphatic carbocycles. The number of benzene rings is 1. The van der Waals surface area contributed by atoms with Gasteiger partial charge in [-0.25, -0.2) is 8.42 Å². The molecule has 5 nitrogen and oxygen atoms in total. The van der Waals surface area contributed by atoms with Crippen LogP contribution in [0.25, 0.3) is 0 Å². The van der Waals surface area contributed by atoms with Gasteiger partial charge in [0.25, 0.3) is 10.0 Å². The maximum absolute atomic E-state index is 12.3. The molecule has 1 heterocycles. The van der Waals surface area contributed by atoms with Gasteiger partial charge in [-0.1, -0.05) is 19.1 Å². The summed E-state index contributed by atoms with van der Waals surface area (Å²) < 4.78 is 27.0. The Morgan fingerprint density at radius 1 is 1.38 bits per heavy atom. The molecule has 0 unspecified atom stereocenters. The molecule has 108 valence electrons. The fourth-order valence-electron chi connectivity index (χ4n) is 1.70. The monoisotopic (exact) mass is 320 g/mol. The largest absolute Gasteiger partial charge is 0.294 e. The van der Waals surface area contributed by atoms with Crippen LogP contribution in [0, 0.1) is 11.3 Å². The van der Waals surface area contributed by atoms with Gasteiger partial charge >= 0.3 is 0 Å². The van der Waals surface area contributed by atoms with Gasteiger partial charge in [-0.05, 0) is 23.6 Å². The number of thiophene rings is 1. The van der Waals surface area contributed by atoms with Crippen molar-refractivity contribution in [2.75, 3.05) is 4.72 Å². The van der Waals surface area contributed by atoms with E-state index in [1.165, 1.54) is 18.2 Å². The highest BCUT2D eigenvalue weighted by Crippen LogP contribution is 2.25. The highest BCUT2D eigenvalue weighted by molar-refractivity contribution is 7.93. The van der Waals surface area contributed by atoms with Crippen molar-refractivity contribution in [3.8, 4) is 6.07 Å². The van der Waals surface area contributed by atoms with Crippen molar-refractivity contribution in [3.63, 3.8) is 0 Å². The number of nitrogens with zero attached hydrogens (tertiary/aromatic N) is 1. The minimum absolute atomic E-state index is 0.000843. The average molecular weight is 320 g/mol. The number of sulfonamides is 1. The highest BCUT2D eigenvalue weighted by atomic mass is 32.2. The maximum atomic E-state index is 12.3. The molecular formula is C14H12N2O3S2. The van der Waals surface area contributed by atoms with Crippen molar-refractivity contribution in [3.05, 3.63) is 46.8 Å². The molecule has 1 aromatic carbocycles. The number of hydrogen-bond acceptors (Lipinski definition) is 5. The molecule has 0 saturated carbocycles. The average Bonchev–Trinajstić information content (AvgIpc) is 2.93. The number of carbonyl (C=O) groups excluding carboxylic acids is 1. The first-order valence-corrected chi connectivity index (χ1v) is 8.48. The lowest BCUT2D eigenvalue weighted by Crippen LogP contribution is -2.13. The third-order valence-corrected chi connectivity index (χ3v) is 5.11. The lowest BCUT2D eigenvalue weighted by molar-refractivity contribution is 0.0988. The van der Waals surface area contributed by atoms with E-state index in [0.717, 1.165) is 11.3 Å². The normalized spacial score (nSPS) is 10.9. The Bertz CT molecular complexity index is 817. The molecule has 0 radical (unpaired) electrons. The second-order valence-corrected chi connectivity index (χ2v) is 6.78. The second kappa shape index (κ2) is 6.08. The van der Waals surface area contributed by atoms with Gasteiger partial charge in [0, 0.05) is 12.0 Å². The zero-order valence-electron chi connectivity index (χ0n) is 11.2. The summed E-state index contributed by atoms with van der Waals surface area (Å²) in [6.45, 7) is 1.71. The molecule has 21 heavy (non-hydrogen) atoms. The van der Waals surface area contributed by atoms with Gasteiger partial charge < -0.3 is 0 Å². The van der Waals surface area contributed by atoms with Gasteiger partial charge in [0.05, 0.1) is 10.5 Å². The van der Waals surface area contributed by atoms with Crippen LogP contribution in [-0.4, -0.2) is 14.2 Å². The Balaban J connectivity index is 2.37. The van der Waals surface area contributed by atoms with Crippen molar-refractivity contribution < 1.29 is 13.2 Å². The van der Waals surface area contributed by atoms with E-state index in [-0.39, 0.29) is 21.2 Å². The number of nitriles is 1. The highest BCUT2D eigenvalue weighted by Gasteiger charge is 2.18. The fourth-order valence-corrected chi connectivity index (χ4v) is 3.81. The molecule has 0 amide bonds. The van der Waals surface area contributed by atoms with Gasteiger partial charge in [0.1, 0.15) is 11.1 Å². The standard InChI is InChI=1S/C14H12N2O3S2/c1-2-13(17)10-4-3-5-12(8-10)21(18,19)16-14-11(9-15)6-7-20-14/h3-8,16H,2H2,1H3. The first-order valence-electron chi connectivity index (χ1n) is 6.11. The lowest BCUT2D eigenvalue weighted by atomic mass is 10.1. The Morgan fingerprint density at radius 3 is 2.81 bits per heavy atom. The first-order chi connectivity index (χ1) is 9.97. The van der Waals surface area contributed by atoms with Crippen molar-refractivity contribution in [1.82, 2.24) is 0 Å². The van der Waals surface area contributed by atoms with Crippen LogP contribution in [0.3, 0.4) is 0 Å². The third-order valence-electron chi connectivity index (χ3n) is 2.80. The molecule has 1 aromatic heterocycles. The molecule has 1 N–H and O–H groups in total. The van der Waals surface area contributed by atoms with Gasteiger partial charge in [-0.3, -0.25) is 9.52 Å². The topological polar surface area (TPSA) is 87.0 Å². The van der Waals surface area contributed by atoms with Crippen LogP contribution in [0.1, 0.15) is 29.3 Å². The van der Waals surface area contributed by atoms with Gasteiger partial charge in [0.2, 0.25) is 0 Å². The molecule has 0 fully saturated rings. The lowest BCUT2D eigenvalue weighted by Gasteiger charge is -2.07. The predicted octanol–water partition coefficient (Wildman–Crippen LogP) is 3.01. The number of rotatable bonds is 5. The van der Waals surface area contributed by atoms with Crippen molar-refractivity contribution in [2.24, 2.45) is 0 Å². The van der Waals surface area contributed by atoms with Crippen LogP contribution in [0.4, 0.5) is 5.00 Å². The SMILES string of the molecule is CCC(=O)c1cccc(S(=O)(=O)Nc2sccc2C#N)c1. The van der Waals surface area contributed by atoms with E-state index in [1.54, 1.807) is 24.4 Å². The third kappa shape index (κ3) is 3.29. The minimum Gasteiger partial charge on any atom is -0.294 e. The number of carbonyl (C=O) groups is 1. The number of Topliss-reactive ketones (excluding diaryl/α,β-unsaturated/α-hetero) is 1. The first kappa shape index (κ1) is 15.2. The molecule has 0 saturated heterocycles. The quantitative estimate of drug-likeness (QED) is 0.858. The zero-order valence-corrected chi connectivity index (χ0v) is 12.8. The molecule has 0 spiro atoms. The Hall–Kier alpha value is -2.17. The number of nitrogens with one attached hydrogen (secondary N) is 1. The molecular weight excluding hydrogens is 308 g/mol. The minimum atomic E-state index is -3.82. The van der Waals surface area contributed by atoms with Crippen molar-refractivity contribution >= 4 is 32.1 Å². The summed E-state index contributed by atoms with van der Waals surface area (Å²) in [4.78, 5) is 11.7. The molecule has 0 aliphatic rings. The van der Waals surface area contributed by atoms with Gasteiger partial charge in [-0.2, -0.15) is 5.26 Å². The Morgan fingerprint density at radius 2 is 2.14 bits per heavy atom. The van der Waals surface area contributed by atoms with Crippen LogP contribution in [0.2, 0.25) is 0 Å². The van der Waals surface area contributed by atoms with E-state index >= 15 is 0 Å². The van der Waals surface area contributed by atoms with E-state index < -0.39 is 10.0 Å². The van der Waals surface area contributed by atoms with Crippen LogP contribution >= 0.6 is 11.3 Å². The second-order valence-electron chi connectivity index (χ2n) is 4.19. The van der Waals surface area contributed by atoms with Crippen LogP contribution < -0.4 is 4.72 Å². The number of anilines is 1. The molecule has 0 bridgehead atoms. The maximum Gasteiger partial charge on any atom is 0.262 e. The number of ketones is 1. The molecule has 0 atom stereocenters. The summed E-state index contributed by atoms with van der Waals surface area (Å²) in [6, 6.07) is 9.32.